The first-order valence-corrected chi connectivity index (χ1v) is 12.0. The first-order valence-electron chi connectivity index (χ1n) is 11.6. The number of benzene rings is 2. The minimum atomic E-state index is -1.57. The summed E-state index contributed by atoms with van der Waals surface area (Å²) in [6.07, 6.45) is 3.41. The van der Waals surface area contributed by atoms with Gasteiger partial charge in [-0.3, -0.25) is 19.4 Å². The lowest BCUT2D eigenvalue weighted by Gasteiger charge is -2.33. The van der Waals surface area contributed by atoms with E-state index in [0.717, 1.165) is 38.1 Å². The highest BCUT2D eigenvalue weighted by Gasteiger charge is 2.52. The molecule has 2 aliphatic heterocycles. The third-order valence-corrected chi connectivity index (χ3v) is 6.94. The van der Waals surface area contributed by atoms with Crippen molar-refractivity contribution in [1.82, 2.24) is 15.5 Å². The number of carbonyl (C=O) groups excluding carboxylic acids is 3. The molecule has 9 nitrogen and oxygen atoms in total. The highest BCUT2D eigenvalue weighted by atomic mass is 35.5. The quantitative estimate of drug-likeness (QED) is 0.448. The second-order valence-corrected chi connectivity index (χ2v) is 9.58. The van der Waals surface area contributed by atoms with E-state index in [9.17, 15) is 18.8 Å². The van der Waals surface area contributed by atoms with Crippen LogP contribution in [0.25, 0.3) is 0 Å². The van der Waals surface area contributed by atoms with Gasteiger partial charge in [-0.1, -0.05) is 23.7 Å². The molecule has 0 radical (unpaired) electrons. The van der Waals surface area contributed by atoms with E-state index >= 15 is 0 Å². The van der Waals surface area contributed by atoms with Gasteiger partial charge >= 0.3 is 0 Å². The number of hydrogen-bond donors (Lipinski definition) is 4. The van der Waals surface area contributed by atoms with Gasteiger partial charge in [0.05, 0.1) is 16.9 Å². The minimum absolute atomic E-state index is 0.0159. The van der Waals surface area contributed by atoms with Crippen molar-refractivity contribution in [3.05, 3.63) is 64.4 Å². The Bertz CT molecular complexity index is 1190. The Kier molecular flexibility index (Phi) is 7.56. The highest BCUT2D eigenvalue weighted by Crippen LogP contribution is 2.31. The zero-order valence-corrected chi connectivity index (χ0v) is 20.5. The van der Waals surface area contributed by atoms with Gasteiger partial charge in [0.15, 0.2) is 11.6 Å². The van der Waals surface area contributed by atoms with Crippen molar-refractivity contribution in [2.45, 2.75) is 24.4 Å². The molecule has 36 heavy (non-hydrogen) atoms. The molecule has 11 heteroatoms. The Morgan fingerprint density at radius 1 is 1.25 bits per heavy atom. The number of nitrogens with one attached hydrogen (secondary N) is 3. The van der Waals surface area contributed by atoms with Crippen molar-refractivity contribution in [2.75, 3.05) is 32.0 Å². The van der Waals surface area contributed by atoms with Crippen LogP contribution in [0.1, 0.15) is 28.8 Å². The summed E-state index contributed by atoms with van der Waals surface area (Å²) in [6, 6.07) is 8.72. The zero-order chi connectivity index (χ0) is 25.9. The van der Waals surface area contributed by atoms with Gasteiger partial charge in [-0.25, -0.2) is 4.39 Å². The summed E-state index contributed by atoms with van der Waals surface area (Å²) in [5.41, 5.74) is 5.16. The molecule has 4 rings (SSSR count). The molecule has 3 atom stereocenters. The largest absolute Gasteiger partial charge is 0.367 e. The number of anilines is 1. The van der Waals surface area contributed by atoms with Gasteiger partial charge in [0, 0.05) is 18.8 Å². The average molecular weight is 515 g/mol. The smallest absolute Gasteiger partial charge is 0.257 e. The van der Waals surface area contributed by atoms with E-state index in [0.29, 0.717) is 23.7 Å². The van der Waals surface area contributed by atoms with Crippen LogP contribution in [0.3, 0.4) is 0 Å². The summed E-state index contributed by atoms with van der Waals surface area (Å²) in [5, 5.41) is 8.48. The molecule has 2 aromatic carbocycles. The standard InChI is InChI=1S/C25H28ClFN6O3/c1-33-10-2-3-15(13-33)12-29-23(35)21-25(24(28)36,31-14-30-21)16-4-7-18(8-5-16)32-22(34)19-9-6-17(27)11-20(19)26/h4-9,11,14-15,21H,2-3,10,12-13H2,1H3,(H2,28,36)(H,29,35)(H,30,31)(H,32,34). The lowest BCUT2D eigenvalue weighted by atomic mass is 9.82. The molecule has 0 aliphatic carbocycles. The van der Waals surface area contributed by atoms with Crippen LogP contribution in [0.5, 0.6) is 0 Å². The van der Waals surface area contributed by atoms with Crippen molar-refractivity contribution >= 4 is 41.3 Å². The Labute approximate surface area is 213 Å². The molecule has 1 fully saturated rings. The van der Waals surface area contributed by atoms with Gasteiger partial charge in [0.25, 0.3) is 11.8 Å². The number of halogens is 2. The van der Waals surface area contributed by atoms with Crippen LogP contribution in [0.4, 0.5) is 10.1 Å². The van der Waals surface area contributed by atoms with Crippen molar-refractivity contribution in [1.29, 1.82) is 0 Å². The van der Waals surface area contributed by atoms with Crippen LogP contribution >= 0.6 is 11.6 Å². The summed E-state index contributed by atoms with van der Waals surface area (Å²) >= 11 is 5.97. The summed E-state index contributed by atoms with van der Waals surface area (Å²) in [6.45, 7) is 2.42. The van der Waals surface area contributed by atoms with Crippen molar-refractivity contribution in [3.8, 4) is 0 Å². The van der Waals surface area contributed by atoms with Gasteiger partial charge in [-0.15, -0.1) is 0 Å². The average Bonchev–Trinajstić information content (AvgIpc) is 3.29. The molecule has 0 aromatic heterocycles. The Balaban J connectivity index is 1.48. The first-order chi connectivity index (χ1) is 17.2. The number of hydrogen-bond acceptors (Lipinski definition) is 6. The van der Waals surface area contributed by atoms with Crippen molar-refractivity contribution in [2.24, 2.45) is 16.6 Å². The van der Waals surface area contributed by atoms with Crippen LogP contribution in [0.2, 0.25) is 5.02 Å². The summed E-state index contributed by atoms with van der Waals surface area (Å²) in [7, 11) is 2.05. The summed E-state index contributed by atoms with van der Waals surface area (Å²) in [4.78, 5) is 44.8. The number of likely N-dealkylation sites (tertiary alicyclic amines) is 1. The number of aliphatic imine (C=N–C) groups is 1. The summed E-state index contributed by atoms with van der Waals surface area (Å²) in [5.74, 6) is -1.90. The van der Waals surface area contributed by atoms with E-state index in [4.69, 9.17) is 17.3 Å². The fourth-order valence-corrected chi connectivity index (χ4v) is 4.98. The van der Waals surface area contributed by atoms with Gasteiger partial charge < -0.3 is 26.6 Å². The lowest BCUT2D eigenvalue weighted by Crippen LogP contribution is -2.60. The number of primary amides is 1. The Morgan fingerprint density at radius 3 is 2.67 bits per heavy atom. The predicted molar refractivity (Wildman–Crippen MR) is 135 cm³/mol. The van der Waals surface area contributed by atoms with E-state index in [1.807, 2.05) is 0 Å². The highest BCUT2D eigenvalue weighted by molar-refractivity contribution is 6.34. The molecular formula is C25H28ClFN6O3. The molecule has 0 bridgehead atoms. The number of piperidine rings is 1. The van der Waals surface area contributed by atoms with Crippen molar-refractivity contribution < 1.29 is 18.8 Å². The van der Waals surface area contributed by atoms with Gasteiger partial charge in [0.1, 0.15) is 5.82 Å². The summed E-state index contributed by atoms with van der Waals surface area (Å²) < 4.78 is 13.3. The normalized spacial score (nSPS) is 23.6. The maximum absolute atomic E-state index is 13.3. The topological polar surface area (TPSA) is 129 Å². The molecule has 5 N–H and O–H groups in total. The van der Waals surface area contributed by atoms with Gasteiger partial charge in [-0.05, 0) is 68.2 Å². The van der Waals surface area contributed by atoms with Gasteiger partial charge in [0.2, 0.25) is 5.91 Å². The lowest BCUT2D eigenvalue weighted by molar-refractivity contribution is -0.131. The molecular weight excluding hydrogens is 487 g/mol. The van der Waals surface area contributed by atoms with Crippen LogP contribution in [0.15, 0.2) is 47.5 Å². The van der Waals surface area contributed by atoms with Gasteiger partial charge in [-0.2, -0.15) is 0 Å². The third-order valence-electron chi connectivity index (χ3n) is 6.62. The SMILES string of the molecule is CN1CCCC(CNC(=O)C2N=CNC2(C(N)=O)c2ccc(NC(=O)c3ccc(F)cc3Cl)cc2)C1. The van der Waals surface area contributed by atoms with Crippen LogP contribution in [0, 0.1) is 11.7 Å². The molecule has 0 saturated carbocycles. The second-order valence-electron chi connectivity index (χ2n) is 9.17. The van der Waals surface area contributed by atoms with E-state index in [1.54, 1.807) is 24.3 Å². The second kappa shape index (κ2) is 10.6. The molecule has 3 unspecified atom stereocenters. The first kappa shape index (κ1) is 25.6. The molecule has 2 aliphatic rings. The maximum Gasteiger partial charge on any atom is 0.257 e. The number of rotatable bonds is 7. The molecule has 2 aromatic rings. The van der Waals surface area contributed by atoms with E-state index in [1.165, 1.54) is 12.4 Å². The minimum Gasteiger partial charge on any atom is -0.367 e. The Hall–Kier alpha value is -3.50. The van der Waals surface area contributed by atoms with E-state index in [2.05, 4.69) is 32.9 Å². The maximum atomic E-state index is 13.3. The predicted octanol–water partition coefficient (Wildman–Crippen LogP) is 1.87. The van der Waals surface area contributed by atoms with Crippen LogP contribution in [-0.2, 0) is 15.1 Å². The number of amides is 3. The molecule has 2 heterocycles. The fraction of sp³-hybridized carbons (Fsp3) is 0.360. The zero-order valence-electron chi connectivity index (χ0n) is 19.8. The molecule has 190 valence electrons. The molecule has 0 spiro atoms. The monoisotopic (exact) mass is 514 g/mol. The number of nitrogens with zero attached hydrogens (tertiary/aromatic N) is 2. The van der Waals surface area contributed by atoms with Crippen LogP contribution in [-0.4, -0.2) is 61.7 Å². The fourth-order valence-electron chi connectivity index (χ4n) is 4.73. The van der Waals surface area contributed by atoms with Crippen LogP contribution < -0.4 is 21.7 Å². The number of nitrogens with two attached hydrogens (primary N) is 1. The molecule has 3 amide bonds. The number of carbonyl (C=O) groups is 3. The van der Waals surface area contributed by atoms with Crippen molar-refractivity contribution in [3.63, 3.8) is 0 Å². The van der Waals surface area contributed by atoms with E-state index < -0.39 is 35.1 Å². The third kappa shape index (κ3) is 5.19. The Morgan fingerprint density at radius 2 is 2.00 bits per heavy atom. The molecule has 1 saturated heterocycles. The van der Waals surface area contributed by atoms with E-state index in [-0.39, 0.29) is 10.6 Å².